The predicted octanol–water partition coefficient (Wildman–Crippen LogP) is 38.9. The Morgan fingerprint density at radius 2 is 0.382 bits per heavy atom. The van der Waals surface area contributed by atoms with Crippen molar-refractivity contribution in [1.29, 1.82) is 0 Å². The van der Waals surface area contributed by atoms with E-state index in [9.17, 15) is 4.79 Å². The number of hydrogen-bond donors (Lipinski definition) is 1. The highest BCUT2D eigenvalue weighted by molar-refractivity contribution is 9.11. The quantitative estimate of drug-likeness (QED) is 0.0382. The van der Waals surface area contributed by atoms with Gasteiger partial charge in [0.1, 0.15) is 0 Å². The summed E-state index contributed by atoms with van der Waals surface area (Å²) >= 11 is 30.5. The summed E-state index contributed by atoms with van der Waals surface area (Å²) in [7, 11) is 0. The molecule has 0 bridgehead atoms. The molecular weight excluding hydrogens is 1810 g/mol. The maximum atomic E-state index is 11.2. The molecule has 0 saturated carbocycles. The molecule has 1 amide bonds. The Morgan fingerprint density at radius 1 is 0.211 bits per heavy atom. The second-order valence-corrected chi connectivity index (χ2v) is 54.7. The molecule has 0 spiro atoms. The first-order chi connectivity index (χ1) is 58.5. The van der Waals surface area contributed by atoms with Gasteiger partial charge in [0.25, 0.3) is 0 Å². The zero-order chi connectivity index (χ0) is 87.8. The Balaban J connectivity index is 0.818. The van der Waals surface area contributed by atoms with E-state index in [1.807, 2.05) is 68.8 Å². The number of rotatable bonds is 39. The molecule has 14 aromatic rings. The second kappa shape index (κ2) is 41.2. The molecule has 0 aliphatic heterocycles. The monoisotopic (exact) mass is 1940 g/mol. The summed E-state index contributed by atoms with van der Waals surface area (Å²) in [5.41, 5.74) is 19.9. The van der Waals surface area contributed by atoms with Gasteiger partial charge in [0.15, 0.2) is 0 Å². The molecule has 1 aromatic carbocycles. The van der Waals surface area contributed by atoms with Crippen LogP contribution in [0.15, 0.2) is 113 Å². The summed E-state index contributed by atoms with van der Waals surface area (Å²) in [4.78, 5) is 46.9. The Kier molecular flexibility index (Phi) is 31.6. The molecular formula is C107H128BrNOS13. The van der Waals surface area contributed by atoms with E-state index in [4.69, 9.17) is 0 Å². The normalized spacial score (nSPS) is 12.4. The number of benzene rings is 1. The van der Waals surface area contributed by atoms with Gasteiger partial charge in [-0.25, -0.2) is 0 Å². The molecule has 1 N–H and O–H groups in total. The van der Waals surface area contributed by atoms with Crippen LogP contribution in [-0.2, 0) is 81.8 Å². The first-order valence-electron chi connectivity index (χ1n) is 45.2. The van der Waals surface area contributed by atoms with Gasteiger partial charge < -0.3 is 5.32 Å². The van der Waals surface area contributed by atoms with Crippen molar-refractivity contribution in [2.75, 3.05) is 5.32 Å². The van der Waals surface area contributed by atoms with Gasteiger partial charge in [-0.1, -0.05) is 178 Å². The van der Waals surface area contributed by atoms with Gasteiger partial charge in [-0.3, -0.25) is 4.79 Å². The van der Waals surface area contributed by atoms with Crippen LogP contribution in [0.3, 0.4) is 0 Å². The lowest BCUT2D eigenvalue weighted by atomic mass is 9.98. The summed E-state index contributed by atoms with van der Waals surface area (Å²) in [6.07, 6.45) is 13.4. The maximum Gasteiger partial charge on any atom is 0.211 e. The molecule has 0 aliphatic rings. The lowest BCUT2D eigenvalue weighted by Crippen LogP contribution is -1.94. The van der Waals surface area contributed by atoms with Gasteiger partial charge >= 0.3 is 0 Å². The summed E-state index contributed by atoms with van der Waals surface area (Å²) in [6, 6.07) is 44.0. The van der Waals surface area contributed by atoms with E-state index in [-0.39, 0.29) is 0 Å². The highest BCUT2D eigenvalue weighted by Crippen LogP contribution is 2.58. The molecule has 123 heavy (non-hydrogen) atoms. The number of anilines is 1. The van der Waals surface area contributed by atoms with E-state index >= 15 is 0 Å². The Bertz CT molecular complexity index is 5900. The Labute approximate surface area is 798 Å². The molecule has 14 rings (SSSR count). The van der Waals surface area contributed by atoms with Crippen molar-refractivity contribution in [3.63, 3.8) is 0 Å². The van der Waals surface area contributed by atoms with E-state index in [0.29, 0.717) is 71.0 Å². The smallest absolute Gasteiger partial charge is 0.211 e. The average Bonchev–Trinajstić information content (AvgIpc) is 1.60. The molecule has 0 unspecified atom stereocenters. The Hall–Kier alpha value is -4.73. The maximum absolute atomic E-state index is 11.2. The van der Waals surface area contributed by atoms with Crippen LogP contribution in [0.2, 0.25) is 0 Å². The van der Waals surface area contributed by atoms with Gasteiger partial charge in [-0.2, -0.15) is 0 Å². The number of amides is 1. The third-order valence-electron chi connectivity index (χ3n) is 21.9. The van der Waals surface area contributed by atoms with Gasteiger partial charge in [-0.15, -0.1) is 147 Å². The first-order valence-corrected chi connectivity index (χ1v) is 56.6. The van der Waals surface area contributed by atoms with Crippen molar-refractivity contribution in [3.8, 4) is 127 Å². The number of halogens is 1. The molecule has 2 nitrogen and oxygen atoms in total. The van der Waals surface area contributed by atoms with Crippen LogP contribution in [-0.4, -0.2) is 6.41 Å². The fourth-order valence-electron chi connectivity index (χ4n) is 17.3. The average molecular weight is 1940 g/mol. The second-order valence-electron chi connectivity index (χ2n) is 39.7. The summed E-state index contributed by atoms with van der Waals surface area (Å²) in [5, 5.41) is 2.79. The molecule has 16 heteroatoms. The van der Waals surface area contributed by atoms with Crippen LogP contribution in [0.4, 0.5) is 5.69 Å². The first kappa shape index (κ1) is 94.4. The number of carbonyl (C=O) groups excluding carboxylic acids is 1. The van der Waals surface area contributed by atoms with Gasteiger partial charge in [-0.05, 0) is 333 Å². The predicted molar refractivity (Wildman–Crippen MR) is 569 cm³/mol. The minimum atomic E-state index is 0.512. The third-order valence-corrected chi connectivity index (χ3v) is 40.1. The topological polar surface area (TPSA) is 29.1 Å². The van der Waals surface area contributed by atoms with Gasteiger partial charge in [0.05, 0.1) is 3.79 Å². The van der Waals surface area contributed by atoms with E-state index in [2.05, 4.69) is 375 Å². The van der Waals surface area contributed by atoms with Crippen molar-refractivity contribution in [2.45, 2.75) is 243 Å². The van der Waals surface area contributed by atoms with Crippen LogP contribution in [0.1, 0.15) is 233 Å². The van der Waals surface area contributed by atoms with E-state index in [1.165, 1.54) is 192 Å². The Morgan fingerprint density at radius 3 is 0.585 bits per heavy atom. The number of thiophene rings is 13. The SMILES string of the molecule is CC(C)Cc1cc(-c2sc(-c3sc(-c4sc(-c5sc(-c6sc(-c7sc(-c8sc(-c9sc(-c%10sc(-c%11sc(-c%12sc(-c%13ccc(-c%14ccc(NC=O)cc%14)s%13)cc%12CC(C)C)cc%11CC(C)C)cc%10CC(C)C)cc9CC(C)C)cc8CC(C)C)cc7CC(C)C)cc6CC(C)C)cc5CC(C)C)cc4CC(C)C)cc3CC(C)C)cc2CC(C)C)sc1Br. The summed E-state index contributed by atoms with van der Waals surface area (Å²) in [5.74, 6) is 6.40. The van der Waals surface area contributed by atoms with E-state index in [0.717, 1.165) is 94.7 Å². The largest absolute Gasteiger partial charge is 0.329 e. The van der Waals surface area contributed by atoms with E-state index in [1.54, 1.807) is 0 Å². The molecule has 652 valence electrons. The molecule has 0 aliphatic carbocycles. The lowest BCUT2D eigenvalue weighted by molar-refractivity contribution is -0.105. The van der Waals surface area contributed by atoms with Crippen LogP contribution in [0.5, 0.6) is 0 Å². The fourth-order valence-corrected chi connectivity index (χ4v) is 34.7. The fraction of sp³-hybridized carbons (Fsp3) is 0.449. The minimum absolute atomic E-state index is 0.512. The zero-order valence-corrected chi connectivity index (χ0v) is 89.2. The number of carbonyl (C=O) groups is 1. The number of hydrogen-bond acceptors (Lipinski definition) is 14. The van der Waals surface area contributed by atoms with Crippen LogP contribution in [0.25, 0.3) is 127 Å². The molecule has 0 atom stereocenters. The molecule has 13 aromatic heterocycles. The van der Waals surface area contributed by atoms with Crippen molar-refractivity contribution in [2.24, 2.45) is 71.0 Å². The summed E-state index contributed by atoms with van der Waals surface area (Å²) in [6.45, 7) is 57.6. The summed E-state index contributed by atoms with van der Waals surface area (Å²) < 4.78 is 1.29. The highest BCUT2D eigenvalue weighted by Gasteiger charge is 2.31. The molecule has 0 saturated heterocycles. The number of nitrogens with one attached hydrogen (secondary N) is 1. The van der Waals surface area contributed by atoms with Crippen molar-refractivity contribution >= 4 is 175 Å². The van der Waals surface area contributed by atoms with Crippen LogP contribution < -0.4 is 5.32 Å². The van der Waals surface area contributed by atoms with Crippen molar-refractivity contribution in [3.05, 3.63) is 180 Å². The van der Waals surface area contributed by atoms with Crippen LogP contribution >= 0.6 is 163 Å². The third kappa shape index (κ3) is 22.8. The minimum Gasteiger partial charge on any atom is -0.329 e. The molecule has 0 fully saturated rings. The standard InChI is InChI=1S/C107H128BrNOS13/c1-56(2)31-69-43-84(83-30-29-82(111-83)68-25-27-81(28-26-68)109-55-110)112-96(69)85-44-70(32-57(3)4)97(113-85)86-45-71(33-58(5)6)98(114-86)87-46-72(34-59(7)8)99(115-87)88-47-73(35-60(9)10)100(116-88)89-48-74(36-61(11)12)101(117-89)90-49-75(37-62(13)14)102(118-90)91-50-76(38-63(15)16)103(119-91)92-51-77(39-64(17)18)104(120-92)93-52-78(40-65(19)20)105(121-93)94-53-79(41-66(21)22)106(122-94)95-54-80(42-67(23)24)107(108)123-95/h25-30,43-67H,31-42H2,1-24H3,(H,109,110). The highest BCUT2D eigenvalue weighted by atomic mass is 79.9. The van der Waals surface area contributed by atoms with Gasteiger partial charge in [0, 0.05) is 128 Å². The zero-order valence-electron chi connectivity index (χ0n) is 77.0. The van der Waals surface area contributed by atoms with Gasteiger partial charge in [0.2, 0.25) is 6.41 Å². The van der Waals surface area contributed by atoms with Crippen molar-refractivity contribution in [1.82, 2.24) is 0 Å². The lowest BCUT2D eigenvalue weighted by Gasteiger charge is -2.05. The van der Waals surface area contributed by atoms with E-state index < -0.39 is 0 Å². The molecule has 13 heterocycles. The molecule has 0 radical (unpaired) electrons. The van der Waals surface area contributed by atoms with Crippen LogP contribution in [0, 0.1) is 71.0 Å². The van der Waals surface area contributed by atoms with Crippen molar-refractivity contribution < 1.29 is 4.79 Å².